The highest BCUT2D eigenvalue weighted by Gasteiger charge is 2.27. The molecular weight excluding hydrogens is 292 g/mol. The summed E-state index contributed by atoms with van der Waals surface area (Å²) in [5.74, 6) is -0.628. The van der Waals surface area contributed by atoms with Crippen molar-refractivity contribution < 1.29 is 8.78 Å². The van der Waals surface area contributed by atoms with Crippen LogP contribution in [0.1, 0.15) is 23.5 Å². The molecule has 1 fully saturated rings. The van der Waals surface area contributed by atoms with Crippen LogP contribution in [0.3, 0.4) is 0 Å². The maximum Gasteiger partial charge on any atom is 0.149 e. The number of hydrogen-bond acceptors (Lipinski definition) is 1. The number of anilines is 1. The molecule has 1 nitrogen and oxygen atoms in total. The fourth-order valence-electron chi connectivity index (χ4n) is 2.96. The predicted molar refractivity (Wildman–Crippen MR) is 81.9 cm³/mol. The van der Waals surface area contributed by atoms with Crippen molar-refractivity contribution in [2.75, 3.05) is 18.0 Å². The molecule has 0 aromatic heterocycles. The van der Waals surface area contributed by atoms with Gasteiger partial charge in [-0.3, -0.25) is 0 Å². The molecule has 21 heavy (non-hydrogen) atoms. The predicted octanol–water partition coefficient (Wildman–Crippen LogP) is 4.70. The van der Waals surface area contributed by atoms with Crippen LogP contribution in [0.5, 0.6) is 0 Å². The van der Waals surface area contributed by atoms with Crippen molar-refractivity contribution in [2.24, 2.45) is 0 Å². The lowest BCUT2D eigenvalue weighted by molar-refractivity contribution is 0.575. The van der Waals surface area contributed by atoms with Crippen LogP contribution in [0.2, 0.25) is 0 Å². The first-order valence-electron chi connectivity index (χ1n) is 7.03. The number of alkyl halides is 1. The van der Waals surface area contributed by atoms with Crippen LogP contribution in [0, 0.1) is 11.6 Å². The second-order valence-corrected chi connectivity index (χ2v) is 5.65. The normalized spacial score (nSPS) is 18.2. The van der Waals surface area contributed by atoms with Crippen LogP contribution < -0.4 is 4.90 Å². The summed E-state index contributed by atoms with van der Waals surface area (Å²) in [6.45, 7) is 1.30. The van der Waals surface area contributed by atoms with Crippen LogP contribution in [-0.2, 0) is 5.88 Å². The topological polar surface area (TPSA) is 3.24 Å². The van der Waals surface area contributed by atoms with Gasteiger partial charge in [-0.25, -0.2) is 8.78 Å². The zero-order valence-electron chi connectivity index (χ0n) is 11.5. The first-order chi connectivity index (χ1) is 10.2. The lowest BCUT2D eigenvalue weighted by Gasteiger charge is -2.20. The van der Waals surface area contributed by atoms with Gasteiger partial charge >= 0.3 is 0 Å². The third kappa shape index (κ3) is 2.88. The minimum Gasteiger partial charge on any atom is -0.366 e. The molecule has 0 N–H and O–H groups in total. The first kappa shape index (κ1) is 14.3. The van der Waals surface area contributed by atoms with Crippen LogP contribution in [-0.4, -0.2) is 13.1 Å². The lowest BCUT2D eigenvalue weighted by atomic mass is 9.99. The van der Waals surface area contributed by atoms with Crippen molar-refractivity contribution in [2.45, 2.75) is 18.2 Å². The fraction of sp³-hybridized carbons (Fsp3) is 0.294. The number of benzene rings is 2. The lowest BCUT2D eigenvalue weighted by Crippen LogP contribution is -2.22. The molecule has 0 saturated carbocycles. The maximum atomic E-state index is 14.1. The standard InChI is InChI=1S/C17H16ClF2N/c18-10-12-8-15(19)17(16(20)9-12)21-7-6-14(11-21)13-4-2-1-3-5-13/h1-5,8-9,14H,6-7,10-11H2. The van der Waals surface area contributed by atoms with Gasteiger partial charge in [-0.15, -0.1) is 11.6 Å². The van der Waals surface area contributed by atoms with Crippen molar-refractivity contribution in [3.8, 4) is 0 Å². The Bertz CT molecular complexity index is 607. The summed E-state index contributed by atoms with van der Waals surface area (Å²) in [5.41, 5.74) is 1.76. The summed E-state index contributed by atoms with van der Waals surface area (Å²) in [4.78, 5) is 1.79. The first-order valence-corrected chi connectivity index (χ1v) is 7.56. The van der Waals surface area contributed by atoms with E-state index >= 15 is 0 Å². The summed E-state index contributed by atoms with van der Waals surface area (Å²) < 4.78 is 28.3. The second-order valence-electron chi connectivity index (χ2n) is 5.38. The third-order valence-electron chi connectivity index (χ3n) is 4.01. The van der Waals surface area contributed by atoms with E-state index in [0.717, 1.165) is 6.42 Å². The second kappa shape index (κ2) is 6.02. The van der Waals surface area contributed by atoms with Gasteiger partial charge in [-0.2, -0.15) is 0 Å². The van der Waals surface area contributed by atoms with Gasteiger partial charge in [-0.05, 0) is 29.7 Å². The summed E-state index contributed by atoms with van der Waals surface area (Å²) in [6, 6.07) is 12.7. The van der Waals surface area contributed by atoms with E-state index in [0.29, 0.717) is 24.6 Å². The molecule has 2 aromatic rings. The Hall–Kier alpha value is -1.61. The van der Waals surface area contributed by atoms with Gasteiger partial charge in [0.15, 0.2) is 0 Å². The Morgan fingerprint density at radius 2 is 1.76 bits per heavy atom. The Labute approximate surface area is 128 Å². The highest BCUT2D eigenvalue weighted by Crippen LogP contribution is 2.34. The van der Waals surface area contributed by atoms with E-state index in [2.05, 4.69) is 12.1 Å². The molecule has 0 amide bonds. The summed E-state index contributed by atoms with van der Waals surface area (Å²) in [7, 11) is 0. The minimum absolute atomic E-state index is 0.0716. The molecule has 0 aliphatic carbocycles. The van der Waals surface area contributed by atoms with E-state index in [1.54, 1.807) is 4.90 Å². The van der Waals surface area contributed by atoms with Crippen molar-refractivity contribution in [1.29, 1.82) is 0 Å². The minimum atomic E-state index is -0.528. The molecule has 110 valence electrons. The number of rotatable bonds is 3. The summed E-state index contributed by atoms with van der Waals surface area (Å²) in [5, 5.41) is 0. The van der Waals surface area contributed by atoms with Crippen molar-refractivity contribution in [3.05, 3.63) is 65.2 Å². The van der Waals surface area contributed by atoms with Gasteiger partial charge in [0.05, 0.1) is 0 Å². The molecule has 0 radical (unpaired) electrons. The number of hydrogen-bond donors (Lipinski definition) is 0. The van der Waals surface area contributed by atoms with E-state index in [9.17, 15) is 8.78 Å². The monoisotopic (exact) mass is 307 g/mol. The van der Waals surface area contributed by atoms with Crippen LogP contribution in [0.15, 0.2) is 42.5 Å². The molecule has 1 saturated heterocycles. The van der Waals surface area contributed by atoms with Crippen molar-refractivity contribution in [1.82, 2.24) is 0 Å². The Balaban J connectivity index is 1.84. The molecule has 2 aromatic carbocycles. The Morgan fingerprint density at radius 3 is 2.38 bits per heavy atom. The molecule has 1 aliphatic heterocycles. The largest absolute Gasteiger partial charge is 0.366 e. The van der Waals surface area contributed by atoms with Gasteiger partial charge in [-0.1, -0.05) is 30.3 Å². The number of halogens is 3. The van der Waals surface area contributed by atoms with E-state index < -0.39 is 11.6 Å². The van der Waals surface area contributed by atoms with E-state index in [1.807, 2.05) is 18.2 Å². The molecule has 1 aliphatic rings. The molecule has 1 atom stereocenters. The van der Waals surface area contributed by atoms with E-state index in [-0.39, 0.29) is 11.6 Å². The SMILES string of the molecule is Fc1cc(CCl)cc(F)c1N1CCC(c2ccccc2)C1. The Morgan fingerprint density at radius 1 is 1.10 bits per heavy atom. The highest BCUT2D eigenvalue weighted by atomic mass is 35.5. The molecule has 0 bridgehead atoms. The maximum absolute atomic E-state index is 14.1. The molecule has 1 unspecified atom stereocenters. The average Bonchev–Trinajstić information content (AvgIpc) is 2.97. The quantitative estimate of drug-likeness (QED) is 0.743. The van der Waals surface area contributed by atoms with Gasteiger partial charge in [0.2, 0.25) is 0 Å². The van der Waals surface area contributed by atoms with E-state index in [4.69, 9.17) is 11.6 Å². The Kier molecular flexibility index (Phi) is 4.11. The van der Waals surface area contributed by atoms with Gasteiger partial charge in [0, 0.05) is 24.9 Å². The van der Waals surface area contributed by atoms with Crippen LogP contribution >= 0.6 is 11.6 Å². The molecular formula is C17H16ClF2N. The molecule has 1 heterocycles. The van der Waals surface area contributed by atoms with Crippen molar-refractivity contribution in [3.63, 3.8) is 0 Å². The highest BCUT2D eigenvalue weighted by molar-refractivity contribution is 6.17. The number of nitrogens with zero attached hydrogens (tertiary/aromatic N) is 1. The summed E-state index contributed by atoms with van der Waals surface area (Å²) in [6.07, 6.45) is 0.903. The van der Waals surface area contributed by atoms with Crippen LogP contribution in [0.25, 0.3) is 0 Å². The zero-order valence-corrected chi connectivity index (χ0v) is 12.3. The van der Waals surface area contributed by atoms with Gasteiger partial charge in [0.1, 0.15) is 17.3 Å². The molecule has 4 heteroatoms. The third-order valence-corrected chi connectivity index (χ3v) is 4.32. The van der Waals surface area contributed by atoms with E-state index in [1.165, 1.54) is 17.7 Å². The fourth-order valence-corrected chi connectivity index (χ4v) is 3.11. The zero-order chi connectivity index (χ0) is 14.8. The van der Waals surface area contributed by atoms with Crippen molar-refractivity contribution >= 4 is 17.3 Å². The molecule has 0 spiro atoms. The van der Waals surface area contributed by atoms with Gasteiger partial charge in [0.25, 0.3) is 0 Å². The summed E-state index contributed by atoms with van der Waals surface area (Å²) >= 11 is 5.64. The molecule has 3 rings (SSSR count). The average molecular weight is 308 g/mol. The van der Waals surface area contributed by atoms with Crippen LogP contribution in [0.4, 0.5) is 14.5 Å². The smallest absolute Gasteiger partial charge is 0.149 e. The van der Waals surface area contributed by atoms with Gasteiger partial charge < -0.3 is 4.90 Å².